The Kier molecular flexibility index (Phi) is 12.6. The van der Waals surface area contributed by atoms with Gasteiger partial charge in [-0.2, -0.15) is 0 Å². The molecule has 0 rings (SSSR count). The molecule has 0 aliphatic carbocycles. The van der Waals surface area contributed by atoms with Crippen molar-refractivity contribution in [3.05, 3.63) is 24.8 Å². The lowest BCUT2D eigenvalue weighted by atomic mass is 10.1. The number of carboxylic acid groups (broad SMARTS) is 1. The molecule has 3 heteroatoms. The zero-order valence-electron chi connectivity index (χ0n) is 12.4. The summed E-state index contributed by atoms with van der Waals surface area (Å²) in [6, 6.07) is 0. The molecule has 0 aliphatic heterocycles. The third kappa shape index (κ3) is 15.7. The first-order chi connectivity index (χ1) is 10.2. The van der Waals surface area contributed by atoms with Crippen LogP contribution in [0.5, 0.6) is 0 Å². The Morgan fingerprint density at radius 3 is 2.43 bits per heavy atom. The molecule has 0 fully saturated rings. The maximum Gasteiger partial charge on any atom is 0.303 e. The number of hydrogen-bond acceptors (Lipinski definition) is 2. The molecule has 0 aromatic carbocycles. The van der Waals surface area contributed by atoms with Gasteiger partial charge in [-0.25, -0.2) is 0 Å². The van der Waals surface area contributed by atoms with E-state index >= 15 is 0 Å². The maximum atomic E-state index is 10.7. The van der Waals surface area contributed by atoms with E-state index in [0.29, 0.717) is 6.42 Å². The van der Waals surface area contributed by atoms with Gasteiger partial charge in [0.15, 0.2) is 0 Å². The van der Waals surface area contributed by atoms with E-state index in [1.54, 1.807) is 0 Å². The minimum Gasteiger partial charge on any atom is -0.481 e. The second-order valence-corrected chi connectivity index (χ2v) is 4.50. The molecule has 0 heterocycles. The lowest BCUT2D eigenvalue weighted by Crippen LogP contribution is -1.93. The van der Waals surface area contributed by atoms with Crippen molar-refractivity contribution in [1.29, 1.82) is 0 Å². The minimum atomic E-state index is -0.711. The van der Waals surface area contributed by atoms with Crippen LogP contribution in [0.4, 0.5) is 0 Å². The van der Waals surface area contributed by atoms with Crippen LogP contribution in [0.2, 0.25) is 0 Å². The molecule has 0 unspecified atom stereocenters. The molecule has 0 bridgehead atoms. The first-order valence-electron chi connectivity index (χ1n) is 7.19. The van der Waals surface area contributed by atoms with Crippen molar-refractivity contribution in [3.63, 3.8) is 0 Å². The van der Waals surface area contributed by atoms with Crippen LogP contribution in [0.1, 0.15) is 51.4 Å². The highest BCUT2D eigenvalue weighted by Gasteiger charge is 1.95. The van der Waals surface area contributed by atoms with Crippen LogP contribution in [0.15, 0.2) is 24.8 Å². The van der Waals surface area contributed by atoms with E-state index in [4.69, 9.17) is 5.11 Å². The Morgan fingerprint density at radius 1 is 1.00 bits per heavy atom. The van der Waals surface area contributed by atoms with Crippen molar-refractivity contribution in [2.24, 2.45) is 0 Å². The molecular weight excluding hydrogens is 264 g/mol. The zero-order chi connectivity index (χ0) is 15.8. The molecule has 0 amide bonds. The van der Waals surface area contributed by atoms with Gasteiger partial charge in [0.1, 0.15) is 0 Å². The summed E-state index contributed by atoms with van der Waals surface area (Å²) in [5, 5.41) is 8.48. The van der Waals surface area contributed by atoms with E-state index in [9.17, 15) is 9.59 Å². The van der Waals surface area contributed by atoms with Gasteiger partial charge in [-0.3, -0.25) is 9.59 Å². The van der Waals surface area contributed by atoms with Gasteiger partial charge in [0.05, 0.1) is 0 Å². The van der Waals surface area contributed by atoms with Crippen molar-refractivity contribution in [2.75, 3.05) is 0 Å². The highest BCUT2D eigenvalue weighted by Crippen LogP contribution is 2.07. The lowest BCUT2D eigenvalue weighted by Gasteiger charge is -1.97. The number of rotatable bonds is 10. The summed E-state index contributed by atoms with van der Waals surface area (Å²) in [7, 11) is 0. The third-order valence-corrected chi connectivity index (χ3v) is 2.67. The largest absolute Gasteiger partial charge is 0.481 e. The van der Waals surface area contributed by atoms with Crippen LogP contribution in [-0.2, 0) is 9.59 Å². The second kappa shape index (κ2) is 14.2. The van der Waals surface area contributed by atoms with Crippen LogP contribution < -0.4 is 0 Å². The SMILES string of the molecule is C=CC(=O)C#CC#CC/C=C\CCCCCCCC(=O)O. The Hall–Kier alpha value is -2.26. The summed E-state index contributed by atoms with van der Waals surface area (Å²) >= 11 is 0. The van der Waals surface area contributed by atoms with Gasteiger partial charge in [0, 0.05) is 12.8 Å². The first kappa shape index (κ1) is 18.7. The number of carbonyl (C=O) groups is 2. The fraction of sp³-hybridized carbons (Fsp3) is 0.444. The molecule has 112 valence electrons. The van der Waals surface area contributed by atoms with Crippen LogP contribution in [0.3, 0.4) is 0 Å². The quantitative estimate of drug-likeness (QED) is 0.220. The number of allylic oxidation sites excluding steroid dienone is 3. The molecule has 0 radical (unpaired) electrons. The summed E-state index contributed by atoms with van der Waals surface area (Å²) in [6.45, 7) is 3.31. The van der Waals surface area contributed by atoms with Crippen LogP contribution >= 0.6 is 0 Å². The van der Waals surface area contributed by atoms with E-state index in [0.717, 1.165) is 44.6 Å². The van der Waals surface area contributed by atoms with Gasteiger partial charge in [0.25, 0.3) is 0 Å². The lowest BCUT2D eigenvalue weighted by molar-refractivity contribution is -0.137. The highest BCUT2D eigenvalue weighted by atomic mass is 16.4. The van der Waals surface area contributed by atoms with E-state index in [1.165, 1.54) is 0 Å². The van der Waals surface area contributed by atoms with Gasteiger partial charge < -0.3 is 5.11 Å². The summed E-state index contributed by atoms with van der Waals surface area (Å²) in [6.07, 6.45) is 12.3. The molecule has 0 spiro atoms. The molecule has 0 saturated heterocycles. The fourth-order valence-electron chi connectivity index (χ4n) is 1.57. The fourth-order valence-corrected chi connectivity index (χ4v) is 1.57. The monoisotopic (exact) mass is 286 g/mol. The third-order valence-electron chi connectivity index (χ3n) is 2.67. The van der Waals surface area contributed by atoms with Crippen molar-refractivity contribution in [1.82, 2.24) is 0 Å². The van der Waals surface area contributed by atoms with Crippen LogP contribution in [0, 0.1) is 23.7 Å². The Morgan fingerprint density at radius 2 is 1.71 bits per heavy atom. The highest BCUT2D eigenvalue weighted by molar-refractivity contribution is 6.04. The molecular formula is C18H22O3. The predicted molar refractivity (Wildman–Crippen MR) is 84.5 cm³/mol. The van der Waals surface area contributed by atoms with Crippen molar-refractivity contribution < 1.29 is 14.7 Å². The second-order valence-electron chi connectivity index (χ2n) is 4.50. The number of carboxylic acids is 1. The van der Waals surface area contributed by atoms with Gasteiger partial charge in [-0.1, -0.05) is 43.9 Å². The Labute approximate surface area is 127 Å². The molecule has 1 N–H and O–H groups in total. The normalized spacial score (nSPS) is 9.33. The van der Waals surface area contributed by atoms with Crippen LogP contribution in [0.25, 0.3) is 0 Å². The maximum absolute atomic E-state index is 10.7. The summed E-state index contributed by atoms with van der Waals surface area (Å²) in [5.41, 5.74) is 0. The molecule has 0 atom stereocenters. The van der Waals surface area contributed by atoms with Crippen LogP contribution in [-0.4, -0.2) is 16.9 Å². The first-order valence-corrected chi connectivity index (χ1v) is 7.19. The Balaban J connectivity index is 3.46. The number of carbonyl (C=O) groups excluding carboxylic acids is 1. The smallest absolute Gasteiger partial charge is 0.303 e. The van der Waals surface area contributed by atoms with Gasteiger partial charge in [0.2, 0.25) is 5.78 Å². The number of hydrogen-bond donors (Lipinski definition) is 1. The molecule has 0 saturated carbocycles. The summed E-state index contributed by atoms with van der Waals surface area (Å²) in [5.74, 6) is 9.22. The summed E-state index contributed by atoms with van der Waals surface area (Å²) in [4.78, 5) is 21.0. The topological polar surface area (TPSA) is 54.4 Å². The molecule has 0 aromatic rings. The molecule has 0 aromatic heterocycles. The van der Waals surface area contributed by atoms with E-state index in [-0.39, 0.29) is 12.2 Å². The van der Waals surface area contributed by atoms with Gasteiger partial charge >= 0.3 is 5.97 Å². The van der Waals surface area contributed by atoms with Gasteiger partial charge in [-0.05, 0) is 43.1 Å². The van der Waals surface area contributed by atoms with Crippen molar-refractivity contribution in [3.8, 4) is 23.7 Å². The van der Waals surface area contributed by atoms with Gasteiger partial charge in [-0.15, -0.1) is 0 Å². The zero-order valence-corrected chi connectivity index (χ0v) is 12.4. The standard InChI is InChI=1S/C18H22O3/c1-2-17(19)15-13-11-9-7-5-3-4-6-8-10-12-14-16-18(20)21/h2-3,5H,1,4,6-8,10,12,14,16H2,(H,20,21)/b5-3-. The molecule has 0 aliphatic rings. The number of unbranched alkanes of at least 4 members (excludes halogenated alkanes) is 5. The predicted octanol–water partition coefficient (Wildman–Crippen LogP) is 3.51. The summed E-state index contributed by atoms with van der Waals surface area (Å²) < 4.78 is 0. The van der Waals surface area contributed by atoms with E-state index in [1.807, 2.05) is 6.08 Å². The average Bonchev–Trinajstić information content (AvgIpc) is 2.46. The van der Waals surface area contributed by atoms with Crippen molar-refractivity contribution >= 4 is 11.8 Å². The van der Waals surface area contributed by atoms with E-state index < -0.39 is 5.97 Å². The molecule has 21 heavy (non-hydrogen) atoms. The van der Waals surface area contributed by atoms with Crippen molar-refractivity contribution in [2.45, 2.75) is 51.4 Å². The number of aliphatic carboxylic acids is 1. The Bertz CT molecular complexity index is 478. The minimum absolute atomic E-state index is 0.278. The number of ketones is 1. The molecule has 3 nitrogen and oxygen atoms in total. The van der Waals surface area contributed by atoms with E-state index in [2.05, 4.69) is 36.3 Å². The average molecular weight is 286 g/mol.